The number of nitrogens with zero attached hydrogens (tertiary/aromatic N) is 5. The molecule has 0 bridgehead atoms. The van der Waals surface area contributed by atoms with Gasteiger partial charge in [0.2, 0.25) is 0 Å². The molecular formula is C26H26FN5O4. The van der Waals surface area contributed by atoms with Gasteiger partial charge in [0.1, 0.15) is 17.5 Å². The molecule has 0 aliphatic carbocycles. The Hall–Kier alpha value is -3.89. The van der Waals surface area contributed by atoms with E-state index in [2.05, 4.69) is 15.0 Å². The van der Waals surface area contributed by atoms with Crippen molar-refractivity contribution in [1.82, 2.24) is 24.2 Å². The van der Waals surface area contributed by atoms with E-state index in [0.29, 0.717) is 54.8 Å². The third-order valence-corrected chi connectivity index (χ3v) is 6.66. The van der Waals surface area contributed by atoms with E-state index in [1.54, 1.807) is 24.3 Å². The minimum Gasteiger partial charge on any atom is -0.465 e. The Morgan fingerprint density at radius 1 is 1.11 bits per heavy atom. The van der Waals surface area contributed by atoms with Crippen LogP contribution in [0, 0.1) is 5.82 Å². The van der Waals surface area contributed by atoms with E-state index in [-0.39, 0.29) is 23.9 Å². The topological polar surface area (TPSA) is 102 Å². The highest BCUT2D eigenvalue weighted by Gasteiger charge is 2.33. The van der Waals surface area contributed by atoms with Gasteiger partial charge in [-0.1, -0.05) is 12.1 Å². The maximum absolute atomic E-state index is 13.3. The number of carbonyl (C=O) groups excluding carboxylic acids is 1. The average molecular weight is 492 g/mol. The normalized spacial score (nSPS) is 15.8. The molecule has 1 N–H and O–H groups in total. The largest absolute Gasteiger partial charge is 0.465 e. The molecule has 36 heavy (non-hydrogen) atoms. The van der Waals surface area contributed by atoms with Crippen molar-refractivity contribution in [2.45, 2.75) is 31.5 Å². The third kappa shape index (κ3) is 4.77. The number of rotatable bonds is 6. The summed E-state index contributed by atoms with van der Waals surface area (Å²) in [4.78, 5) is 31.3. The number of halogens is 1. The number of benzene rings is 2. The number of likely N-dealkylation sites (tertiary alicyclic amines) is 1. The standard InChI is InChI=1S/C26H26FN5O4/c1-36-25(34)19-4-2-18(3-5-19)15-30-12-10-26(35,11-13-30)16-31-17-28-23-22(24(31)33)14-29-32(23)21-8-6-20(27)7-9-21/h2-9,14,17,35H,10-13,15-16H2,1H3. The molecule has 0 radical (unpaired) electrons. The van der Waals surface area contributed by atoms with Gasteiger partial charge >= 0.3 is 5.97 Å². The Morgan fingerprint density at radius 2 is 1.81 bits per heavy atom. The molecule has 0 unspecified atom stereocenters. The number of aromatic nitrogens is 4. The number of aliphatic hydroxyl groups is 1. The molecule has 2 aromatic carbocycles. The average Bonchev–Trinajstić information content (AvgIpc) is 3.33. The van der Waals surface area contributed by atoms with Gasteiger partial charge in [-0.25, -0.2) is 18.9 Å². The minimum atomic E-state index is -1.03. The molecule has 0 atom stereocenters. The van der Waals surface area contributed by atoms with Gasteiger partial charge in [0.15, 0.2) is 5.65 Å². The number of esters is 1. The maximum atomic E-state index is 13.3. The summed E-state index contributed by atoms with van der Waals surface area (Å²) in [5.41, 5.74) is 1.24. The summed E-state index contributed by atoms with van der Waals surface area (Å²) in [5.74, 6) is -0.725. The lowest BCUT2D eigenvalue weighted by atomic mass is 9.91. The van der Waals surface area contributed by atoms with Crippen molar-refractivity contribution in [3.05, 3.63) is 88.4 Å². The van der Waals surface area contributed by atoms with Crippen molar-refractivity contribution in [1.29, 1.82) is 0 Å². The Bertz CT molecular complexity index is 1440. The van der Waals surface area contributed by atoms with Crippen LogP contribution in [0.15, 0.2) is 65.8 Å². The Balaban J connectivity index is 1.25. The van der Waals surface area contributed by atoms with Crippen molar-refractivity contribution < 1.29 is 19.0 Å². The highest BCUT2D eigenvalue weighted by Crippen LogP contribution is 2.25. The van der Waals surface area contributed by atoms with Crippen LogP contribution in [0.3, 0.4) is 0 Å². The zero-order chi connectivity index (χ0) is 25.3. The Kier molecular flexibility index (Phi) is 6.38. The van der Waals surface area contributed by atoms with Gasteiger partial charge in [0.25, 0.3) is 5.56 Å². The van der Waals surface area contributed by atoms with Crippen LogP contribution in [0.25, 0.3) is 16.7 Å². The molecule has 1 fully saturated rings. The van der Waals surface area contributed by atoms with Crippen LogP contribution in [-0.4, -0.2) is 61.1 Å². The molecule has 1 aliphatic heterocycles. The Morgan fingerprint density at radius 3 is 2.47 bits per heavy atom. The minimum absolute atomic E-state index is 0.137. The molecule has 10 heteroatoms. The van der Waals surface area contributed by atoms with Gasteiger partial charge in [0, 0.05) is 19.6 Å². The van der Waals surface area contributed by atoms with Gasteiger partial charge in [-0.05, 0) is 54.8 Å². The molecule has 1 aliphatic rings. The summed E-state index contributed by atoms with van der Waals surface area (Å²) in [5, 5.41) is 15.8. The molecule has 2 aromatic heterocycles. The number of hydrogen-bond donors (Lipinski definition) is 1. The summed E-state index contributed by atoms with van der Waals surface area (Å²) in [6, 6.07) is 13.1. The van der Waals surface area contributed by atoms with Gasteiger partial charge < -0.3 is 9.84 Å². The first-order valence-electron chi connectivity index (χ1n) is 11.7. The fraction of sp³-hybridized carbons (Fsp3) is 0.308. The lowest BCUT2D eigenvalue weighted by molar-refractivity contribution is -0.0364. The number of piperidine rings is 1. The summed E-state index contributed by atoms with van der Waals surface area (Å²) in [6.45, 7) is 2.18. The second-order valence-corrected chi connectivity index (χ2v) is 9.14. The van der Waals surface area contributed by atoms with Gasteiger partial charge in [-0.2, -0.15) is 5.10 Å². The summed E-state index contributed by atoms with van der Waals surface area (Å²) in [7, 11) is 1.36. The first-order valence-corrected chi connectivity index (χ1v) is 11.7. The zero-order valence-electron chi connectivity index (χ0n) is 19.8. The molecule has 4 aromatic rings. The van der Waals surface area contributed by atoms with Crippen LogP contribution in [0.5, 0.6) is 0 Å². The first kappa shape index (κ1) is 23.8. The predicted molar refractivity (Wildman–Crippen MR) is 130 cm³/mol. The van der Waals surface area contributed by atoms with Crippen molar-refractivity contribution in [2.24, 2.45) is 0 Å². The van der Waals surface area contributed by atoms with Gasteiger partial charge in [-0.15, -0.1) is 0 Å². The third-order valence-electron chi connectivity index (χ3n) is 6.66. The number of ether oxygens (including phenoxy) is 1. The molecule has 5 rings (SSSR count). The van der Waals surface area contributed by atoms with Crippen LogP contribution in [-0.2, 0) is 17.8 Å². The molecule has 0 amide bonds. The van der Waals surface area contributed by atoms with Crippen molar-refractivity contribution in [3.8, 4) is 5.69 Å². The van der Waals surface area contributed by atoms with Crippen LogP contribution in [0.4, 0.5) is 4.39 Å². The van der Waals surface area contributed by atoms with E-state index in [1.807, 2.05) is 12.1 Å². The summed E-state index contributed by atoms with van der Waals surface area (Å²) < 4.78 is 20.9. The Labute approximate surface area is 206 Å². The lowest BCUT2D eigenvalue weighted by Crippen LogP contribution is -2.47. The molecule has 0 saturated carbocycles. The van der Waals surface area contributed by atoms with Crippen molar-refractivity contribution >= 4 is 17.0 Å². The van der Waals surface area contributed by atoms with Crippen LogP contribution in [0.2, 0.25) is 0 Å². The highest BCUT2D eigenvalue weighted by atomic mass is 19.1. The number of hydrogen-bond acceptors (Lipinski definition) is 7. The fourth-order valence-electron chi connectivity index (χ4n) is 4.56. The highest BCUT2D eigenvalue weighted by molar-refractivity contribution is 5.89. The molecule has 186 valence electrons. The number of fused-ring (bicyclic) bond motifs is 1. The quantitative estimate of drug-likeness (QED) is 0.414. The smallest absolute Gasteiger partial charge is 0.337 e. The van der Waals surface area contributed by atoms with Crippen molar-refractivity contribution in [2.75, 3.05) is 20.2 Å². The van der Waals surface area contributed by atoms with Crippen LogP contribution < -0.4 is 5.56 Å². The predicted octanol–water partition coefficient (Wildman–Crippen LogP) is 2.54. The maximum Gasteiger partial charge on any atom is 0.337 e. The summed E-state index contributed by atoms with van der Waals surface area (Å²) >= 11 is 0. The van der Waals surface area contributed by atoms with E-state index in [4.69, 9.17) is 4.74 Å². The van der Waals surface area contributed by atoms with E-state index in [0.717, 1.165) is 5.56 Å². The van der Waals surface area contributed by atoms with Gasteiger partial charge in [0.05, 0.1) is 36.7 Å². The molecule has 9 nitrogen and oxygen atoms in total. The van der Waals surface area contributed by atoms with E-state index in [9.17, 15) is 19.1 Å². The molecule has 0 spiro atoms. The fourth-order valence-corrected chi connectivity index (χ4v) is 4.56. The van der Waals surface area contributed by atoms with Crippen LogP contribution >= 0.6 is 0 Å². The second kappa shape index (κ2) is 9.63. The van der Waals surface area contributed by atoms with E-state index >= 15 is 0 Å². The van der Waals surface area contributed by atoms with E-state index in [1.165, 1.54) is 41.0 Å². The SMILES string of the molecule is COC(=O)c1ccc(CN2CCC(O)(Cn3cnc4c(cnn4-c4ccc(F)cc4)c3=O)CC2)cc1. The van der Waals surface area contributed by atoms with Crippen molar-refractivity contribution in [3.63, 3.8) is 0 Å². The van der Waals surface area contributed by atoms with Gasteiger partial charge in [-0.3, -0.25) is 14.3 Å². The molecular weight excluding hydrogens is 465 g/mol. The first-order chi connectivity index (χ1) is 17.3. The molecule has 1 saturated heterocycles. The summed E-state index contributed by atoms with van der Waals surface area (Å²) in [6.07, 6.45) is 3.89. The van der Waals surface area contributed by atoms with Crippen LogP contribution in [0.1, 0.15) is 28.8 Å². The zero-order valence-corrected chi connectivity index (χ0v) is 19.8. The molecule has 3 heterocycles. The lowest BCUT2D eigenvalue weighted by Gasteiger charge is -2.38. The monoisotopic (exact) mass is 491 g/mol. The number of methoxy groups -OCH3 is 1. The second-order valence-electron chi connectivity index (χ2n) is 9.14. The number of carbonyl (C=O) groups is 1. The van der Waals surface area contributed by atoms with E-state index < -0.39 is 5.60 Å².